The van der Waals surface area contributed by atoms with Gasteiger partial charge in [0.1, 0.15) is 5.75 Å². The number of hydrogen-bond donors (Lipinski definition) is 1. The number of benzene rings is 1. The lowest BCUT2D eigenvalue weighted by Crippen LogP contribution is -2.26. The lowest BCUT2D eigenvalue weighted by atomic mass is 10.1. The molecule has 0 radical (unpaired) electrons. The topological polar surface area (TPSA) is 55.4 Å². The van der Waals surface area contributed by atoms with Crippen LogP contribution in [0.2, 0.25) is 0 Å². The lowest BCUT2D eigenvalue weighted by molar-refractivity contribution is -0.121. The summed E-state index contributed by atoms with van der Waals surface area (Å²) < 4.78 is 5.58. The van der Waals surface area contributed by atoms with E-state index in [1.807, 2.05) is 24.4 Å². The number of nitrogens with one attached hydrogen (secondary N) is 1. The number of Topliss-reactive ketones (excluding diaryl/α,β-unsaturated/α-hetero) is 1. The Kier molecular flexibility index (Phi) is 6.35. The van der Waals surface area contributed by atoms with Crippen LogP contribution < -0.4 is 10.1 Å². The van der Waals surface area contributed by atoms with Crippen molar-refractivity contribution >= 4 is 23.0 Å². The fourth-order valence-electron chi connectivity index (χ4n) is 2.13. The highest BCUT2D eigenvalue weighted by atomic mass is 32.1. The molecule has 1 atom stereocenters. The molecule has 0 aliphatic heterocycles. The summed E-state index contributed by atoms with van der Waals surface area (Å²) in [7, 11) is 0. The molecule has 1 aromatic carbocycles. The normalized spacial score (nSPS) is 11.7. The molecule has 2 aromatic rings. The minimum absolute atomic E-state index is 0.0291. The Hall–Kier alpha value is -2.14. The SMILES string of the molecule is CC(=O)c1ccc(OCCCC(=O)NC(C)c2cccs2)cc1. The highest BCUT2D eigenvalue weighted by Crippen LogP contribution is 2.18. The molecule has 4 nitrogen and oxygen atoms in total. The van der Waals surface area contributed by atoms with Crippen molar-refractivity contribution < 1.29 is 14.3 Å². The van der Waals surface area contributed by atoms with Gasteiger partial charge in [0, 0.05) is 16.9 Å². The molecule has 0 saturated heterocycles. The predicted octanol–water partition coefficient (Wildman–Crippen LogP) is 3.99. The smallest absolute Gasteiger partial charge is 0.220 e. The minimum Gasteiger partial charge on any atom is -0.494 e. The molecule has 0 fully saturated rings. The molecule has 0 aliphatic rings. The number of ketones is 1. The molecule has 1 heterocycles. The summed E-state index contributed by atoms with van der Waals surface area (Å²) >= 11 is 1.64. The molecular weight excluding hydrogens is 310 g/mol. The Bertz CT molecular complexity index is 635. The number of carbonyl (C=O) groups excluding carboxylic acids is 2. The fraction of sp³-hybridized carbons (Fsp3) is 0.333. The maximum absolute atomic E-state index is 11.9. The second-order valence-electron chi connectivity index (χ2n) is 5.34. The molecular formula is C18H21NO3S. The van der Waals surface area contributed by atoms with Gasteiger partial charge in [-0.2, -0.15) is 0 Å². The van der Waals surface area contributed by atoms with Crippen LogP contribution in [0.15, 0.2) is 41.8 Å². The summed E-state index contributed by atoms with van der Waals surface area (Å²) in [5.41, 5.74) is 0.666. The molecule has 1 amide bonds. The van der Waals surface area contributed by atoms with Gasteiger partial charge in [0.15, 0.2) is 5.78 Å². The second-order valence-corrected chi connectivity index (χ2v) is 6.32. The predicted molar refractivity (Wildman–Crippen MR) is 92.1 cm³/mol. The number of ether oxygens (including phenoxy) is 1. The molecule has 1 aromatic heterocycles. The average Bonchev–Trinajstić information content (AvgIpc) is 3.06. The van der Waals surface area contributed by atoms with Crippen LogP contribution in [0, 0.1) is 0 Å². The zero-order valence-electron chi connectivity index (χ0n) is 13.4. The van der Waals surface area contributed by atoms with E-state index in [0.29, 0.717) is 30.8 Å². The number of thiophene rings is 1. The quantitative estimate of drug-likeness (QED) is 0.588. The van der Waals surface area contributed by atoms with Gasteiger partial charge in [-0.1, -0.05) is 6.07 Å². The van der Waals surface area contributed by atoms with E-state index in [4.69, 9.17) is 4.74 Å². The second kappa shape index (κ2) is 8.48. The standard InChI is InChI=1S/C18H21NO3S/c1-13(17-5-4-12-23-17)19-18(21)6-3-11-22-16-9-7-15(8-10-16)14(2)20/h4-5,7-10,12-13H,3,6,11H2,1-2H3,(H,19,21). The van der Waals surface area contributed by atoms with Gasteiger partial charge in [-0.3, -0.25) is 9.59 Å². The first-order chi connectivity index (χ1) is 11.1. The summed E-state index contributed by atoms with van der Waals surface area (Å²) in [4.78, 5) is 24.2. The number of rotatable bonds is 8. The minimum atomic E-state index is 0.0291. The highest BCUT2D eigenvalue weighted by molar-refractivity contribution is 7.10. The van der Waals surface area contributed by atoms with Gasteiger partial charge < -0.3 is 10.1 Å². The number of hydrogen-bond acceptors (Lipinski definition) is 4. The van der Waals surface area contributed by atoms with Crippen molar-refractivity contribution in [3.8, 4) is 5.75 Å². The van der Waals surface area contributed by atoms with Crippen LogP contribution in [0.5, 0.6) is 5.75 Å². The number of amides is 1. The van der Waals surface area contributed by atoms with Crippen molar-refractivity contribution in [3.63, 3.8) is 0 Å². The van der Waals surface area contributed by atoms with E-state index in [2.05, 4.69) is 5.32 Å². The van der Waals surface area contributed by atoms with Gasteiger partial charge >= 0.3 is 0 Å². The molecule has 5 heteroatoms. The first kappa shape index (κ1) is 17.2. The van der Waals surface area contributed by atoms with Crippen LogP contribution >= 0.6 is 11.3 Å². The lowest BCUT2D eigenvalue weighted by Gasteiger charge is -2.12. The van der Waals surface area contributed by atoms with E-state index in [1.165, 1.54) is 6.92 Å². The highest BCUT2D eigenvalue weighted by Gasteiger charge is 2.10. The summed E-state index contributed by atoms with van der Waals surface area (Å²) in [5.74, 6) is 0.775. The van der Waals surface area contributed by atoms with E-state index in [9.17, 15) is 9.59 Å². The van der Waals surface area contributed by atoms with Crippen LogP contribution in [0.1, 0.15) is 48.0 Å². The van der Waals surface area contributed by atoms with Gasteiger partial charge in [-0.15, -0.1) is 11.3 Å². The van der Waals surface area contributed by atoms with Crippen molar-refractivity contribution in [1.29, 1.82) is 0 Å². The van der Waals surface area contributed by atoms with E-state index in [1.54, 1.807) is 35.6 Å². The van der Waals surface area contributed by atoms with E-state index >= 15 is 0 Å². The van der Waals surface area contributed by atoms with Crippen molar-refractivity contribution in [2.24, 2.45) is 0 Å². The van der Waals surface area contributed by atoms with Crippen LogP contribution in [0.4, 0.5) is 0 Å². The van der Waals surface area contributed by atoms with Gasteiger partial charge in [0.2, 0.25) is 5.91 Å². The van der Waals surface area contributed by atoms with Crippen molar-refractivity contribution in [2.45, 2.75) is 32.7 Å². The Labute approximate surface area is 140 Å². The Morgan fingerprint density at radius 2 is 1.96 bits per heavy atom. The van der Waals surface area contributed by atoms with Crippen LogP contribution in [0.25, 0.3) is 0 Å². The Morgan fingerprint density at radius 3 is 2.57 bits per heavy atom. The summed E-state index contributed by atoms with van der Waals surface area (Å²) in [6.07, 6.45) is 1.08. The fourth-order valence-corrected chi connectivity index (χ4v) is 2.87. The third-order valence-corrected chi connectivity index (χ3v) is 4.48. The van der Waals surface area contributed by atoms with Gasteiger partial charge in [0.25, 0.3) is 0 Å². The van der Waals surface area contributed by atoms with Crippen molar-refractivity contribution in [3.05, 3.63) is 52.2 Å². The maximum atomic E-state index is 11.9. The van der Waals surface area contributed by atoms with Crippen molar-refractivity contribution in [2.75, 3.05) is 6.61 Å². The Morgan fingerprint density at radius 1 is 1.22 bits per heavy atom. The van der Waals surface area contributed by atoms with Gasteiger partial charge in [0.05, 0.1) is 12.6 Å². The van der Waals surface area contributed by atoms with Crippen molar-refractivity contribution in [1.82, 2.24) is 5.32 Å². The van der Waals surface area contributed by atoms with Crippen LogP contribution in [-0.4, -0.2) is 18.3 Å². The first-order valence-corrected chi connectivity index (χ1v) is 8.51. The Balaban J connectivity index is 1.66. The van der Waals surface area contributed by atoms with Gasteiger partial charge in [-0.25, -0.2) is 0 Å². The van der Waals surface area contributed by atoms with E-state index in [-0.39, 0.29) is 17.7 Å². The van der Waals surface area contributed by atoms with Crippen LogP contribution in [-0.2, 0) is 4.79 Å². The summed E-state index contributed by atoms with van der Waals surface area (Å²) in [6, 6.07) is 11.1. The van der Waals surface area contributed by atoms with E-state index < -0.39 is 0 Å². The average molecular weight is 331 g/mol. The molecule has 0 aliphatic carbocycles. The molecule has 2 rings (SSSR count). The third-order valence-electron chi connectivity index (χ3n) is 3.43. The molecule has 0 bridgehead atoms. The molecule has 122 valence electrons. The summed E-state index contributed by atoms with van der Waals surface area (Å²) in [5, 5.41) is 4.98. The molecule has 0 spiro atoms. The van der Waals surface area contributed by atoms with Gasteiger partial charge in [-0.05, 0) is 56.0 Å². The molecule has 23 heavy (non-hydrogen) atoms. The first-order valence-electron chi connectivity index (χ1n) is 7.63. The zero-order chi connectivity index (χ0) is 16.7. The molecule has 1 N–H and O–H groups in total. The molecule has 0 saturated carbocycles. The maximum Gasteiger partial charge on any atom is 0.220 e. The largest absolute Gasteiger partial charge is 0.494 e. The molecule has 1 unspecified atom stereocenters. The van der Waals surface area contributed by atoms with E-state index in [0.717, 1.165) is 4.88 Å². The third kappa shape index (κ3) is 5.53. The number of carbonyl (C=O) groups is 2. The summed E-state index contributed by atoms with van der Waals surface area (Å²) in [6.45, 7) is 3.99. The van der Waals surface area contributed by atoms with Crippen LogP contribution in [0.3, 0.4) is 0 Å². The zero-order valence-corrected chi connectivity index (χ0v) is 14.2. The monoisotopic (exact) mass is 331 g/mol.